The summed E-state index contributed by atoms with van der Waals surface area (Å²) in [6.45, 7) is 2.73. The predicted molar refractivity (Wildman–Crippen MR) is 119 cm³/mol. The summed E-state index contributed by atoms with van der Waals surface area (Å²) < 4.78 is 34.4. The van der Waals surface area contributed by atoms with Crippen LogP contribution in [0.1, 0.15) is 58.3 Å². The first-order valence-electron chi connectivity index (χ1n) is 11.7. The first-order valence-corrected chi connectivity index (χ1v) is 11.7. The first kappa shape index (κ1) is 21.2. The minimum atomic E-state index is -2.50. The average Bonchev–Trinajstić information content (AvgIpc) is 3.46. The van der Waals surface area contributed by atoms with Crippen molar-refractivity contribution in [1.29, 1.82) is 0 Å². The maximum atomic E-state index is 13.5. The molecule has 1 amide bonds. The van der Waals surface area contributed by atoms with Gasteiger partial charge in [-0.3, -0.25) is 4.79 Å². The first-order chi connectivity index (χ1) is 16.3. The van der Waals surface area contributed by atoms with Gasteiger partial charge in [0, 0.05) is 44.0 Å². The van der Waals surface area contributed by atoms with Gasteiger partial charge in [-0.05, 0) is 30.9 Å². The van der Waals surface area contributed by atoms with Crippen molar-refractivity contribution in [3.05, 3.63) is 58.6 Å². The van der Waals surface area contributed by atoms with Crippen LogP contribution in [0.15, 0.2) is 29.0 Å². The maximum absolute atomic E-state index is 13.5. The molecular formula is C24H26F2N6O2. The molecule has 0 bridgehead atoms. The minimum absolute atomic E-state index is 0.128. The Labute approximate surface area is 195 Å². The van der Waals surface area contributed by atoms with Gasteiger partial charge in [0.05, 0.1) is 35.6 Å². The average molecular weight is 469 g/mol. The molecule has 1 saturated carbocycles. The van der Waals surface area contributed by atoms with Crippen molar-refractivity contribution < 1.29 is 18.1 Å². The highest BCUT2D eigenvalue weighted by Gasteiger charge is 2.71. The van der Waals surface area contributed by atoms with E-state index in [2.05, 4.69) is 15.5 Å². The molecule has 1 saturated heterocycles. The molecule has 10 heteroatoms. The summed E-state index contributed by atoms with van der Waals surface area (Å²) in [4.78, 5) is 23.8. The second kappa shape index (κ2) is 7.61. The van der Waals surface area contributed by atoms with Crippen molar-refractivity contribution in [1.82, 2.24) is 25.0 Å². The number of carbonyl (C=O) groups is 1. The number of halogens is 2. The Hall–Kier alpha value is -3.30. The van der Waals surface area contributed by atoms with E-state index in [0.717, 1.165) is 41.3 Å². The SMILES string of the molecule is CCc1nc(N2CC3C(C2)C3(F)F)ccc1Cc1cc(C(=O)N[C@@H]2CCc3c2ncn3C)on1. The Balaban J connectivity index is 1.12. The van der Waals surface area contributed by atoms with E-state index in [0.29, 0.717) is 31.6 Å². The van der Waals surface area contributed by atoms with Crippen LogP contribution in [0, 0.1) is 11.8 Å². The number of carbonyl (C=O) groups excluding carboxylic acids is 1. The van der Waals surface area contributed by atoms with E-state index in [1.54, 1.807) is 12.4 Å². The Kier molecular flexibility index (Phi) is 4.76. The molecule has 0 radical (unpaired) electrons. The predicted octanol–water partition coefficient (Wildman–Crippen LogP) is 3.07. The van der Waals surface area contributed by atoms with Gasteiger partial charge in [-0.25, -0.2) is 18.7 Å². The molecule has 2 fully saturated rings. The van der Waals surface area contributed by atoms with Crippen LogP contribution < -0.4 is 10.2 Å². The summed E-state index contributed by atoms with van der Waals surface area (Å²) in [5.74, 6) is -2.97. The van der Waals surface area contributed by atoms with Crippen molar-refractivity contribution in [3.63, 3.8) is 0 Å². The highest BCUT2D eigenvalue weighted by Crippen LogP contribution is 2.59. The smallest absolute Gasteiger partial charge is 0.290 e. The number of nitrogens with one attached hydrogen (secondary N) is 1. The summed E-state index contributed by atoms with van der Waals surface area (Å²) in [6.07, 6.45) is 4.64. The monoisotopic (exact) mass is 468 g/mol. The summed E-state index contributed by atoms with van der Waals surface area (Å²) in [7, 11) is 1.96. The number of pyridine rings is 1. The Morgan fingerprint density at radius 2 is 2.09 bits per heavy atom. The quantitative estimate of drug-likeness (QED) is 0.598. The normalized spacial score (nSPS) is 24.2. The van der Waals surface area contributed by atoms with Crippen molar-refractivity contribution in [2.24, 2.45) is 18.9 Å². The molecule has 3 atom stereocenters. The molecule has 2 aliphatic carbocycles. The van der Waals surface area contributed by atoms with Gasteiger partial charge >= 0.3 is 0 Å². The lowest BCUT2D eigenvalue weighted by Crippen LogP contribution is -2.28. The van der Waals surface area contributed by atoms with Gasteiger partial charge in [-0.15, -0.1) is 0 Å². The van der Waals surface area contributed by atoms with E-state index >= 15 is 0 Å². The standard InChI is InChI=1S/C24H26F2N6O2/c1-3-17-13(4-7-21(28-17)32-10-15-16(11-32)24(15,25)26)8-14-9-20(34-30-14)23(33)29-18-5-6-19-22(18)27-12-31(19)2/h4,7,9,12,15-16,18H,3,5-6,8,10-11H2,1-2H3,(H,29,33)/t15?,16?,18-/m1/s1. The molecule has 2 unspecified atom stereocenters. The van der Waals surface area contributed by atoms with Crippen molar-refractivity contribution in [3.8, 4) is 0 Å². The largest absolute Gasteiger partial charge is 0.356 e. The molecule has 3 aromatic rings. The van der Waals surface area contributed by atoms with E-state index < -0.39 is 17.8 Å². The number of piperidine rings is 1. The Morgan fingerprint density at radius 3 is 2.85 bits per heavy atom. The number of rotatable bonds is 6. The molecule has 6 rings (SSSR count). The van der Waals surface area contributed by atoms with Gasteiger partial charge in [-0.1, -0.05) is 18.1 Å². The summed E-state index contributed by atoms with van der Waals surface area (Å²) in [5, 5.41) is 7.08. The molecule has 4 heterocycles. The lowest BCUT2D eigenvalue weighted by Gasteiger charge is -2.22. The third-order valence-corrected chi connectivity index (χ3v) is 7.46. The van der Waals surface area contributed by atoms with Crippen LogP contribution >= 0.6 is 0 Å². The number of aromatic nitrogens is 4. The lowest BCUT2D eigenvalue weighted by atomic mass is 10.1. The molecule has 1 aliphatic heterocycles. The number of imidazole rings is 1. The van der Waals surface area contributed by atoms with Gasteiger partial charge in [0.25, 0.3) is 11.8 Å². The number of hydrogen-bond acceptors (Lipinski definition) is 6. The van der Waals surface area contributed by atoms with Crippen molar-refractivity contribution >= 4 is 11.7 Å². The number of amides is 1. The minimum Gasteiger partial charge on any atom is -0.356 e. The van der Waals surface area contributed by atoms with Gasteiger partial charge in [-0.2, -0.15) is 0 Å². The molecule has 34 heavy (non-hydrogen) atoms. The molecule has 0 aromatic carbocycles. The topological polar surface area (TPSA) is 89.1 Å². The Bertz CT molecular complexity index is 1250. The van der Waals surface area contributed by atoms with E-state index in [1.165, 1.54) is 0 Å². The van der Waals surface area contributed by atoms with Crippen LogP contribution in [0.25, 0.3) is 0 Å². The third kappa shape index (κ3) is 3.38. The van der Waals surface area contributed by atoms with Crippen LogP contribution in [0.3, 0.4) is 0 Å². The van der Waals surface area contributed by atoms with Gasteiger partial charge in [0.15, 0.2) is 0 Å². The molecule has 0 spiro atoms. The van der Waals surface area contributed by atoms with Gasteiger partial charge in [0.1, 0.15) is 5.82 Å². The zero-order chi connectivity index (χ0) is 23.6. The fourth-order valence-electron chi connectivity index (χ4n) is 5.41. The van der Waals surface area contributed by atoms with E-state index in [1.807, 2.05) is 35.6 Å². The van der Waals surface area contributed by atoms with Crippen molar-refractivity contribution in [2.75, 3.05) is 18.0 Å². The fourth-order valence-corrected chi connectivity index (χ4v) is 5.41. The summed E-state index contributed by atoms with van der Waals surface area (Å²) in [5.41, 5.74) is 4.57. The van der Waals surface area contributed by atoms with Crippen LogP contribution in [0.2, 0.25) is 0 Å². The third-order valence-electron chi connectivity index (χ3n) is 7.46. The second-order valence-electron chi connectivity index (χ2n) is 9.53. The van der Waals surface area contributed by atoms with Crippen LogP contribution in [0.5, 0.6) is 0 Å². The molecule has 3 aromatic heterocycles. The number of alkyl halides is 2. The van der Waals surface area contributed by atoms with E-state index in [4.69, 9.17) is 9.51 Å². The number of anilines is 1. The van der Waals surface area contributed by atoms with Crippen LogP contribution in [0.4, 0.5) is 14.6 Å². The highest BCUT2D eigenvalue weighted by atomic mass is 19.3. The number of fused-ring (bicyclic) bond motifs is 2. The van der Waals surface area contributed by atoms with Crippen LogP contribution in [-0.4, -0.2) is 44.6 Å². The molecular weight excluding hydrogens is 442 g/mol. The molecule has 3 aliphatic rings. The highest BCUT2D eigenvalue weighted by molar-refractivity contribution is 5.91. The van der Waals surface area contributed by atoms with Crippen LogP contribution in [-0.2, 0) is 26.3 Å². The number of hydrogen-bond donors (Lipinski definition) is 1. The molecule has 8 nitrogen and oxygen atoms in total. The Morgan fingerprint density at radius 1 is 1.29 bits per heavy atom. The molecule has 178 valence electrons. The number of nitrogens with zero attached hydrogens (tertiary/aromatic N) is 5. The zero-order valence-corrected chi connectivity index (χ0v) is 19.1. The number of aryl methyl sites for hydroxylation is 2. The zero-order valence-electron chi connectivity index (χ0n) is 19.1. The molecule has 1 N–H and O–H groups in total. The van der Waals surface area contributed by atoms with Gasteiger partial charge < -0.3 is 19.3 Å². The lowest BCUT2D eigenvalue weighted by molar-refractivity contribution is 0.0796. The fraction of sp³-hybridized carbons (Fsp3) is 0.500. The summed E-state index contributed by atoms with van der Waals surface area (Å²) in [6, 6.07) is 5.39. The summed E-state index contributed by atoms with van der Waals surface area (Å²) >= 11 is 0. The van der Waals surface area contributed by atoms with E-state index in [-0.39, 0.29) is 17.7 Å². The van der Waals surface area contributed by atoms with Gasteiger partial charge in [0.2, 0.25) is 5.76 Å². The van der Waals surface area contributed by atoms with Crippen molar-refractivity contribution in [2.45, 2.75) is 44.6 Å². The maximum Gasteiger partial charge on any atom is 0.290 e. The second-order valence-corrected chi connectivity index (χ2v) is 9.53. The van der Waals surface area contributed by atoms with E-state index in [9.17, 15) is 13.6 Å².